The Balaban J connectivity index is 1.38. The zero-order valence-corrected chi connectivity index (χ0v) is 18.2. The lowest BCUT2D eigenvalue weighted by molar-refractivity contribution is 0.0956. The summed E-state index contributed by atoms with van der Waals surface area (Å²) in [5.74, 6) is 1.23. The summed E-state index contributed by atoms with van der Waals surface area (Å²) in [5.41, 5.74) is 9.53. The van der Waals surface area contributed by atoms with E-state index >= 15 is 0 Å². The number of hydrogen-bond acceptors (Lipinski definition) is 7. The molecule has 4 aromatic rings. The molecule has 0 bridgehead atoms. The number of rotatable bonds is 5. The van der Waals surface area contributed by atoms with Crippen molar-refractivity contribution < 1.29 is 19.1 Å². The quantitative estimate of drug-likeness (QED) is 0.359. The van der Waals surface area contributed by atoms with Gasteiger partial charge in [0.2, 0.25) is 6.79 Å². The zero-order chi connectivity index (χ0) is 23.7. The number of anilines is 3. The predicted octanol–water partition coefficient (Wildman–Crippen LogP) is 3.10. The molecule has 11 heteroatoms. The van der Waals surface area contributed by atoms with Crippen molar-refractivity contribution in [2.75, 3.05) is 29.7 Å². The predicted molar refractivity (Wildman–Crippen MR) is 126 cm³/mol. The van der Waals surface area contributed by atoms with Crippen LogP contribution in [0, 0.1) is 0 Å². The fraction of sp³-hybridized carbons (Fsp3) is 0.130. The molecular weight excluding hydrogens is 438 g/mol. The molecule has 2 aromatic carbocycles. The Morgan fingerprint density at radius 1 is 1.06 bits per heavy atom. The molecule has 5 rings (SSSR count). The van der Waals surface area contributed by atoms with Gasteiger partial charge < -0.3 is 31.2 Å². The van der Waals surface area contributed by atoms with Crippen LogP contribution >= 0.6 is 0 Å². The molecular formula is C23H21N7O4. The van der Waals surface area contributed by atoms with Crippen LogP contribution < -0.4 is 31.2 Å². The molecule has 0 saturated carbocycles. The topological polar surface area (TPSA) is 145 Å². The summed E-state index contributed by atoms with van der Waals surface area (Å²) in [6.07, 6.45) is 2.96. The van der Waals surface area contributed by atoms with Crippen molar-refractivity contribution in [3.63, 3.8) is 0 Å². The number of nitrogen functional groups attached to an aromatic ring is 1. The average Bonchev–Trinajstić information content (AvgIpc) is 3.45. The summed E-state index contributed by atoms with van der Waals surface area (Å²) in [6, 6.07) is 11.8. The highest BCUT2D eigenvalue weighted by molar-refractivity contribution is 6.07. The number of carbonyl (C=O) groups excluding carboxylic acids is 2. The van der Waals surface area contributed by atoms with E-state index in [9.17, 15) is 9.59 Å². The summed E-state index contributed by atoms with van der Waals surface area (Å²) in [7, 11) is 0. The summed E-state index contributed by atoms with van der Waals surface area (Å²) >= 11 is 0. The van der Waals surface area contributed by atoms with Gasteiger partial charge in [-0.15, -0.1) is 0 Å². The first-order valence-corrected chi connectivity index (χ1v) is 10.5. The lowest BCUT2D eigenvalue weighted by Gasteiger charge is -2.10. The molecule has 0 fully saturated rings. The number of benzene rings is 2. The second-order valence-corrected chi connectivity index (χ2v) is 7.44. The van der Waals surface area contributed by atoms with Crippen LogP contribution in [0.25, 0.3) is 16.6 Å². The van der Waals surface area contributed by atoms with Gasteiger partial charge >= 0.3 is 6.03 Å². The Hall–Kier alpha value is -4.80. The van der Waals surface area contributed by atoms with Gasteiger partial charge in [-0.1, -0.05) is 12.1 Å². The number of amides is 3. The molecule has 5 N–H and O–H groups in total. The fourth-order valence-corrected chi connectivity index (χ4v) is 3.74. The Kier molecular flexibility index (Phi) is 5.34. The molecule has 11 nitrogen and oxygen atoms in total. The Bertz CT molecular complexity index is 1400. The van der Waals surface area contributed by atoms with E-state index in [4.69, 9.17) is 15.2 Å². The normalized spacial score (nSPS) is 11.9. The van der Waals surface area contributed by atoms with Crippen molar-refractivity contribution in [1.29, 1.82) is 0 Å². The number of nitrogens with one attached hydrogen (secondary N) is 3. The number of urea groups is 1. The van der Waals surface area contributed by atoms with Crippen LogP contribution in [0.3, 0.4) is 0 Å². The van der Waals surface area contributed by atoms with Crippen LogP contribution in [0.2, 0.25) is 0 Å². The van der Waals surface area contributed by atoms with E-state index in [-0.39, 0.29) is 18.5 Å². The maximum Gasteiger partial charge on any atom is 0.323 e. The first-order valence-electron chi connectivity index (χ1n) is 10.5. The minimum atomic E-state index is -0.415. The van der Waals surface area contributed by atoms with Crippen molar-refractivity contribution >= 4 is 34.6 Å². The van der Waals surface area contributed by atoms with E-state index in [1.807, 2.05) is 6.92 Å². The van der Waals surface area contributed by atoms with Gasteiger partial charge in [-0.05, 0) is 36.8 Å². The van der Waals surface area contributed by atoms with Crippen LogP contribution in [-0.2, 0) is 0 Å². The highest BCUT2D eigenvalue weighted by Gasteiger charge is 2.21. The van der Waals surface area contributed by atoms with Gasteiger partial charge in [-0.3, -0.25) is 4.79 Å². The molecule has 3 heterocycles. The summed E-state index contributed by atoms with van der Waals surface area (Å²) in [4.78, 5) is 29.2. The van der Waals surface area contributed by atoms with Crippen LogP contribution in [0.4, 0.5) is 22.0 Å². The van der Waals surface area contributed by atoms with E-state index in [0.29, 0.717) is 46.1 Å². The lowest BCUT2D eigenvalue weighted by Crippen LogP contribution is -2.22. The Labute approximate surface area is 193 Å². The zero-order valence-electron chi connectivity index (χ0n) is 18.2. The molecule has 172 valence electrons. The third kappa shape index (κ3) is 3.90. The molecule has 1 aliphatic heterocycles. The minimum Gasteiger partial charge on any atom is -0.454 e. The number of nitrogens with two attached hydrogens (primary N) is 1. The number of fused-ring (bicyclic) bond motifs is 2. The summed E-state index contributed by atoms with van der Waals surface area (Å²) in [6.45, 7) is 2.48. The van der Waals surface area contributed by atoms with Crippen molar-refractivity contribution in [3.8, 4) is 22.6 Å². The number of carbonyl (C=O) groups is 2. The average molecular weight is 459 g/mol. The van der Waals surface area contributed by atoms with Gasteiger partial charge in [-0.2, -0.15) is 5.10 Å². The van der Waals surface area contributed by atoms with Crippen LogP contribution in [-0.4, -0.2) is 39.9 Å². The SMILES string of the molecule is CCNC(=O)c1cn2ncnc(N)c2c1-c1ccc(NC(=O)Nc2ccc3c(c2)OCO3)cc1. The van der Waals surface area contributed by atoms with E-state index in [1.165, 1.54) is 10.8 Å². The van der Waals surface area contributed by atoms with Crippen molar-refractivity contribution in [2.24, 2.45) is 0 Å². The van der Waals surface area contributed by atoms with Gasteiger partial charge in [0.1, 0.15) is 11.8 Å². The molecule has 1 aliphatic rings. The number of hydrogen-bond donors (Lipinski definition) is 4. The molecule has 0 unspecified atom stereocenters. The highest BCUT2D eigenvalue weighted by Crippen LogP contribution is 2.35. The molecule has 2 aromatic heterocycles. The number of aromatic nitrogens is 3. The molecule has 34 heavy (non-hydrogen) atoms. The largest absolute Gasteiger partial charge is 0.454 e. The number of ether oxygens (including phenoxy) is 2. The monoisotopic (exact) mass is 459 g/mol. The van der Waals surface area contributed by atoms with E-state index < -0.39 is 6.03 Å². The van der Waals surface area contributed by atoms with Crippen molar-refractivity contribution in [2.45, 2.75) is 6.92 Å². The molecule has 0 atom stereocenters. The van der Waals surface area contributed by atoms with Gasteiger partial charge in [0, 0.05) is 35.7 Å². The van der Waals surface area contributed by atoms with E-state index in [1.54, 1.807) is 48.7 Å². The highest BCUT2D eigenvalue weighted by atomic mass is 16.7. The summed E-state index contributed by atoms with van der Waals surface area (Å²) in [5, 5.41) is 12.5. The van der Waals surface area contributed by atoms with Gasteiger partial charge in [0.15, 0.2) is 17.3 Å². The number of nitrogens with zero attached hydrogens (tertiary/aromatic N) is 3. The maximum atomic E-state index is 12.7. The molecule has 0 aliphatic carbocycles. The third-order valence-corrected chi connectivity index (χ3v) is 5.25. The fourth-order valence-electron chi connectivity index (χ4n) is 3.74. The van der Waals surface area contributed by atoms with Gasteiger partial charge in [0.05, 0.1) is 5.56 Å². The van der Waals surface area contributed by atoms with Gasteiger partial charge in [-0.25, -0.2) is 14.3 Å². The lowest BCUT2D eigenvalue weighted by atomic mass is 10.0. The summed E-state index contributed by atoms with van der Waals surface area (Å²) < 4.78 is 12.1. The van der Waals surface area contributed by atoms with Crippen LogP contribution in [0.15, 0.2) is 55.0 Å². The van der Waals surface area contributed by atoms with Crippen LogP contribution in [0.1, 0.15) is 17.3 Å². The maximum absolute atomic E-state index is 12.7. The van der Waals surface area contributed by atoms with E-state index in [0.717, 1.165) is 5.56 Å². The molecule has 0 radical (unpaired) electrons. The standard InChI is InChI=1S/C23H21N7O4/c1-2-25-22(31)16-10-30-20(21(24)26-11-27-30)19(16)13-3-5-14(6-4-13)28-23(32)29-15-7-8-17-18(9-15)34-12-33-17/h3-11H,2,12H2,1H3,(H,25,31)(H2,24,26,27)(H2,28,29,32). The second kappa shape index (κ2) is 8.62. The Morgan fingerprint density at radius 3 is 2.59 bits per heavy atom. The first kappa shape index (κ1) is 21.1. The smallest absolute Gasteiger partial charge is 0.323 e. The van der Waals surface area contributed by atoms with Crippen molar-refractivity contribution in [1.82, 2.24) is 19.9 Å². The second-order valence-electron chi connectivity index (χ2n) is 7.44. The Morgan fingerprint density at radius 2 is 1.79 bits per heavy atom. The minimum absolute atomic E-state index is 0.161. The molecule has 0 saturated heterocycles. The van der Waals surface area contributed by atoms with Crippen molar-refractivity contribution in [3.05, 3.63) is 60.6 Å². The molecule has 0 spiro atoms. The first-order chi connectivity index (χ1) is 16.5. The van der Waals surface area contributed by atoms with Crippen LogP contribution in [0.5, 0.6) is 11.5 Å². The van der Waals surface area contributed by atoms with E-state index in [2.05, 4.69) is 26.0 Å². The van der Waals surface area contributed by atoms with Gasteiger partial charge in [0.25, 0.3) is 5.91 Å². The molecule has 3 amide bonds. The third-order valence-electron chi connectivity index (χ3n) is 5.25.